The minimum atomic E-state index is -0.723. The van der Waals surface area contributed by atoms with Crippen LogP contribution in [0.2, 0.25) is 0 Å². The monoisotopic (exact) mass is 180 g/mol. The number of hydrogen-bond donors (Lipinski definition) is 2. The van der Waals surface area contributed by atoms with Gasteiger partial charge in [0.15, 0.2) is 0 Å². The Morgan fingerprint density at radius 2 is 2.31 bits per heavy atom. The van der Waals surface area contributed by atoms with Crippen LogP contribution in [-0.4, -0.2) is 30.3 Å². The number of β-amino-alcohol motifs (C(OH)–C–C–N with tert-alkyl or cyclic N) is 1. The summed E-state index contributed by atoms with van der Waals surface area (Å²) in [6, 6.07) is 3.60. The lowest BCUT2D eigenvalue weighted by atomic mass is 9.90. The van der Waals surface area contributed by atoms with Crippen LogP contribution in [0.1, 0.15) is 5.56 Å². The third kappa shape index (κ3) is 1.38. The average molecular weight is 180 g/mol. The number of aromatic nitrogens is 1. The van der Waals surface area contributed by atoms with Gasteiger partial charge in [0.2, 0.25) is 5.88 Å². The second-order valence-electron chi connectivity index (χ2n) is 3.22. The van der Waals surface area contributed by atoms with E-state index in [-0.39, 0.29) is 0 Å². The highest BCUT2D eigenvalue weighted by Gasteiger charge is 2.36. The third-order valence-electron chi connectivity index (χ3n) is 2.32. The average Bonchev–Trinajstić information content (AvgIpc) is 2.14. The van der Waals surface area contributed by atoms with Crippen molar-refractivity contribution in [3.8, 4) is 5.88 Å². The summed E-state index contributed by atoms with van der Waals surface area (Å²) in [5.74, 6) is 0.569. The Labute approximate surface area is 76.6 Å². The van der Waals surface area contributed by atoms with Crippen molar-refractivity contribution in [1.29, 1.82) is 0 Å². The zero-order valence-electron chi connectivity index (χ0n) is 7.45. The van der Waals surface area contributed by atoms with Crippen molar-refractivity contribution in [1.82, 2.24) is 10.3 Å². The molecular formula is C9H12N2O2. The van der Waals surface area contributed by atoms with E-state index in [1.807, 2.05) is 6.07 Å². The van der Waals surface area contributed by atoms with Crippen molar-refractivity contribution in [3.05, 3.63) is 23.9 Å². The minimum absolute atomic E-state index is 0.569. The van der Waals surface area contributed by atoms with Crippen molar-refractivity contribution in [2.24, 2.45) is 0 Å². The van der Waals surface area contributed by atoms with Gasteiger partial charge in [-0.3, -0.25) is 0 Å². The summed E-state index contributed by atoms with van der Waals surface area (Å²) in [5, 5.41) is 12.9. The highest BCUT2D eigenvalue weighted by atomic mass is 16.5. The summed E-state index contributed by atoms with van der Waals surface area (Å²) in [4.78, 5) is 4.04. The second-order valence-corrected chi connectivity index (χ2v) is 3.22. The lowest BCUT2D eigenvalue weighted by Crippen LogP contribution is -2.56. The fourth-order valence-electron chi connectivity index (χ4n) is 1.34. The van der Waals surface area contributed by atoms with E-state index in [9.17, 15) is 5.11 Å². The molecule has 1 aliphatic rings. The van der Waals surface area contributed by atoms with E-state index in [1.165, 1.54) is 0 Å². The molecule has 2 heterocycles. The predicted octanol–water partition coefficient (Wildman–Crippen LogP) is -0.119. The van der Waals surface area contributed by atoms with Crippen LogP contribution in [-0.2, 0) is 5.60 Å². The molecule has 1 fully saturated rings. The van der Waals surface area contributed by atoms with Crippen LogP contribution >= 0.6 is 0 Å². The Balaban J connectivity index is 2.22. The highest BCUT2D eigenvalue weighted by Crippen LogP contribution is 2.25. The largest absolute Gasteiger partial charge is 0.481 e. The summed E-state index contributed by atoms with van der Waals surface area (Å²) in [5.41, 5.74) is 0.117. The van der Waals surface area contributed by atoms with E-state index in [2.05, 4.69) is 10.3 Å². The van der Waals surface area contributed by atoms with E-state index in [1.54, 1.807) is 19.4 Å². The first kappa shape index (κ1) is 8.47. The second kappa shape index (κ2) is 2.97. The Kier molecular flexibility index (Phi) is 1.94. The van der Waals surface area contributed by atoms with Gasteiger partial charge in [0.25, 0.3) is 0 Å². The maximum absolute atomic E-state index is 9.90. The summed E-state index contributed by atoms with van der Waals surface area (Å²) < 4.78 is 4.93. The minimum Gasteiger partial charge on any atom is -0.481 e. The molecule has 1 aromatic rings. The molecule has 1 saturated heterocycles. The van der Waals surface area contributed by atoms with E-state index in [0.29, 0.717) is 19.0 Å². The van der Waals surface area contributed by atoms with Crippen molar-refractivity contribution in [3.63, 3.8) is 0 Å². The molecule has 0 spiro atoms. The Hall–Kier alpha value is -1.13. The van der Waals surface area contributed by atoms with Crippen LogP contribution in [0.15, 0.2) is 18.3 Å². The molecule has 2 rings (SSSR count). The zero-order valence-corrected chi connectivity index (χ0v) is 7.45. The van der Waals surface area contributed by atoms with Gasteiger partial charge in [-0.15, -0.1) is 0 Å². The molecule has 4 heteroatoms. The Bertz CT molecular complexity index is 293. The summed E-state index contributed by atoms with van der Waals surface area (Å²) >= 11 is 0. The van der Waals surface area contributed by atoms with E-state index >= 15 is 0 Å². The van der Waals surface area contributed by atoms with Crippen molar-refractivity contribution < 1.29 is 9.84 Å². The molecular weight excluding hydrogens is 168 g/mol. The van der Waals surface area contributed by atoms with E-state index in [0.717, 1.165) is 5.56 Å². The van der Waals surface area contributed by atoms with Gasteiger partial charge >= 0.3 is 0 Å². The SMILES string of the molecule is COc1ccc(C2(O)CNC2)cn1. The van der Waals surface area contributed by atoms with Gasteiger partial charge in [-0.2, -0.15) is 0 Å². The molecule has 0 aliphatic carbocycles. The molecule has 0 aromatic carbocycles. The molecule has 0 amide bonds. The van der Waals surface area contributed by atoms with Crippen LogP contribution < -0.4 is 10.1 Å². The van der Waals surface area contributed by atoms with Crippen LogP contribution in [0.25, 0.3) is 0 Å². The smallest absolute Gasteiger partial charge is 0.212 e. The normalized spacial score (nSPS) is 19.2. The lowest BCUT2D eigenvalue weighted by molar-refractivity contribution is -0.0150. The van der Waals surface area contributed by atoms with Gasteiger partial charge in [-0.05, 0) is 6.07 Å². The fourth-order valence-corrected chi connectivity index (χ4v) is 1.34. The van der Waals surface area contributed by atoms with E-state index < -0.39 is 5.60 Å². The third-order valence-corrected chi connectivity index (χ3v) is 2.32. The number of nitrogens with one attached hydrogen (secondary N) is 1. The van der Waals surface area contributed by atoms with Crippen molar-refractivity contribution in [2.45, 2.75) is 5.60 Å². The van der Waals surface area contributed by atoms with Crippen LogP contribution in [0.5, 0.6) is 5.88 Å². The van der Waals surface area contributed by atoms with E-state index in [4.69, 9.17) is 4.74 Å². The molecule has 1 aromatic heterocycles. The lowest BCUT2D eigenvalue weighted by Gasteiger charge is -2.37. The van der Waals surface area contributed by atoms with Gasteiger partial charge in [0.05, 0.1) is 7.11 Å². The summed E-state index contributed by atoms with van der Waals surface area (Å²) in [7, 11) is 1.57. The first-order valence-corrected chi connectivity index (χ1v) is 4.18. The Morgan fingerprint density at radius 1 is 1.54 bits per heavy atom. The number of pyridine rings is 1. The fraction of sp³-hybridized carbons (Fsp3) is 0.444. The Morgan fingerprint density at radius 3 is 2.69 bits per heavy atom. The molecule has 0 saturated carbocycles. The van der Waals surface area contributed by atoms with Gasteiger partial charge in [0.1, 0.15) is 5.60 Å². The van der Waals surface area contributed by atoms with Gasteiger partial charge in [-0.25, -0.2) is 4.98 Å². The van der Waals surface area contributed by atoms with Crippen molar-refractivity contribution >= 4 is 0 Å². The number of nitrogens with zero attached hydrogens (tertiary/aromatic N) is 1. The topological polar surface area (TPSA) is 54.4 Å². The van der Waals surface area contributed by atoms with Gasteiger partial charge < -0.3 is 15.2 Å². The maximum atomic E-state index is 9.90. The number of rotatable bonds is 2. The number of hydrogen-bond acceptors (Lipinski definition) is 4. The highest BCUT2D eigenvalue weighted by molar-refractivity contribution is 5.26. The molecule has 0 atom stereocenters. The predicted molar refractivity (Wildman–Crippen MR) is 47.6 cm³/mol. The van der Waals surface area contributed by atoms with Gasteiger partial charge in [0, 0.05) is 30.9 Å². The summed E-state index contributed by atoms with van der Waals surface area (Å²) in [6.45, 7) is 1.20. The summed E-state index contributed by atoms with van der Waals surface area (Å²) in [6.07, 6.45) is 1.65. The molecule has 0 radical (unpaired) electrons. The van der Waals surface area contributed by atoms with Crippen LogP contribution in [0, 0.1) is 0 Å². The van der Waals surface area contributed by atoms with Crippen LogP contribution in [0.4, 0.5) is 0 Å². The molecule has 2 N–H and O–H groups in total. The number of aliphatic hydroxyl groups is 1. The van der Waals surface area contributed by atoms with Crippen molar-refractivity contribution in [2.75, 3.05) is 20.2 Å². The maximum Gasteiger partial charge on any atom is 0.212 e. The first-order chi connectivity index (χ1) is 6.24. The molecule has 0 unspecified atom stereocenters. The van der Waals surface area contributed by atoms with Crippen LogP contribution in [0.3, 0.4) is 0 Å². The number of ether oxygens (including phenoxy) is 1. The molecule has 13 heavy (non-hydrogen) atoms. The molecule has 4 nitrogen and oxygen atoms in total. The molecule has 0 bridgehead atoms. The molecule has 1 aliphatic heterocycles. The molecule has 70 valence electrons. The number of methoxy groups -OCH3 is 1. The zero-order chi connectivity index (χ0) is 9.31. The standard InChI is InChI=1S/C9H12N2O2/c1-13-8-3-2-7(4-11-8)9(12)5-10-6-9/h2-4,10,12H,5-6H2,1H3. The first-order valence-electron chi connectivity index (χ1n) is 4.18. The van der Waals surface area contributed by atoms with Gasteiger partial charge in [-0.1, -0.05) is 0 Å². The quantitative estimate of drug-likeness (QED) is 0.666.